The minimum atomic E-state index is -0.0318. The number of aromatic amines is 1. The molecule has 2 aliphatic heterocycles. The number of aromatic nitrogens is 2. The fraction of sp³-hybridized carbons (Fsp3) is 0.778. The molecule has 3 heterocycles. The first-order valence-electron chi connectivity index (χ1n) is 9.01. The normalized spacial score (nSPS) is 30.1. The van der Waals surface area contributed by atoms with Crippen molar-refractivity contribution in [2.45, 2.75) is 84.5 Å². The Hall–Kier alpha value is -1.36. The smallest absolute Gasteiger partial charge is 0.240 e. The average molecular weight is 318 g/mol. The maximum absolute atomic E-state index is 13.2. The summed E-state index contributed by atoms with van der Waals surface area (Å²) in [5, 5.41) is 7.40. The second-order valence-corrected chi connectivity index (χ2v) is 7.44. The molecule has 1 amide bonds. The van der Waals surface area contributed by atoms with Crippen molar-refractivity contribution in [1.29, 1.82) is 0 Å². The molecule has 1 aromatic rings. The van der Waals surface area contributed by atoms with Gasteiger partial charge in [-0.25, -0.2) is 0 Å². The Morgan fingerprint density at radius 2 is 1.87 bits per heavy atom. The number of likely N-dealkylation sites (tertiary alicyclic amines) is 2. The molecule has 5 heteroatoms. The Bertz CT molecular complexity index is 552. The topological polar surface area (TPSA) is 52.2 Å². The highest BCUT2D eigenvalue weighted by Gasteiger charge is 2.40. The number of aryl methyl sites for hydroxylation is 2. The summed E-state index contributed by atoms with van der Waals surface area (Å²) in [4.78, 5) is 17.7. The number of hydrogen-bond acceptors (Lipinski definition) is 3. The van der Waals surface area contributed by atoms with Gasteiger partial charge in [0.15, 0.2) is 0 Å². The molecule has 1 N–H and O–H groups in total. The fourth-order valence-corrected chi connectivity index (χ4v) is 4.73. The maximum Gasteiger partial charge on any atom is 0.240 e. The second-order valence-electron chi connectivity index (χ2n) is 7.44. The Labute approximate surface area is 139 Å². The van der Waals surface area contributed by atoms with Gasteiger partial charge in [-0.15, -0.1) is 0 Å². The van der Waals surface area contributed by atoms with Gasteiger partial charge >= 0.3 is 0 Å². The SMILES string of the molecule is Cc1n[nH]c(C)c1C1CCCN1C(=O)C(C)N1C(C)CCC1C. The van der Waals surface area contributed by atoms with Crippen LogP contribution in [0.2, 0.25) is 0 Å². The molecular weight excluding hydrogens is 288 g/mol. The van der Waals surface area contributed by atoms with Crippen LogP contribution in [-0.2, 0) is 4.79 Å². The van der Waals surface area contributed by atoms with Crippen molar-refractivity contribution in [2.75, 3.05) is 6.54 Å². The molecular formula is C18H30N4O. The van der Waals surface area contributed by atoms with E-state index >= 15 is 0 Å². The molecule has 0 aliphatic carbocycles. The van der Waals surface area contributed by atoms with Crippen LogP contribution in [0, 0.1) is 13.8 Å². The minimum Gasteiger partial charge on any atom is -0.334 e. The summed E-state index contributed by atoms with van der Waals surface area (Å²) < 4.78 is 0. The lowest BCUT2D eigenvalue weighted by Crippen LogP contribution is -2.50. The molecule has 0 saturated carbocycles. The van der Waals surface area contributed by atoms with Gasteiger partial charge in [-0.05, 0) is 60.3 Å². The first-order chi connectivity index (χ1) is 10.9. The van der Waals surface area contributed by atoms with E-state index in [1.54, 1.807) is 0 Å². The van der Waals surface area contributed by atoms with Crippen LogP contribution in [0.1, 0.15) is 69.4 Å². The summed E-state index contributed by atoms with van der Waals surface area (Å²) in [7, 11) is 0. The van der Waals surface area contributed by atoms with E-state index in [0.29, 0.717) is 12.1 Å². The minimum absolute atomic E-state index is 0.0318. The summed E-state index contributed by atoms with van der Waals surface area (Å²) in [6.45, 7) is 11.6. The van der Waals surface area contributed by atoms with Crippen LogP contribution in [0.4, 0.5) is 0 Å². The molecule has 4 atom stereocenters. The van der Waals surface area contributed by atoms with E-state index in [-0.39, 0.29) is 18.0 Å². The van der Waals surface area contributed by atoms with Crippen LogP contribution >= 0.6 is 0 Å². The van der Waals surface area contributed by atoms with Crippen molar-refractivity contribution in [2.24, 2.45) is 0 Å². The summed E-state index contributed by atoms with van der Waals surface area (Å²) in [5.41, 5.74) is 3.36. The standard InChI is InChI=1S/C18H30N4O/c1-11-8-9-12(2)22(11)15(5)18(23)21-10-6-7-16(21)17-13(3)19-20-14(17)4/h11-12,15-16H,6-10H2,1-5H3,(H,19,20). The van der Waals surface area contributed by atoms with Crippen molar-refractivity contribution in [3.05, 3.63) is 17.0 Å². The van der Waals surface area contributed by atoms with Gasteiger partial charge in [-0.2, -0.15) is 5.10 Å². The number of nitrogens with one attached hydrogen (secondary N) is 1. The molecule has 0 radical (unpaired) electrons. The van der Waals surface area contributed by atoms with Crippen LogP contribution in [-0.4, -0.2) is 50.6 Å². The summed E-state index contributed by atoms with van der Waals surface area (Å²) in [6, 6.07) is 1.16. The molecule has 3 rings (SSSR count). The molecule has 0 bridgehead atoms. The number of carbonyl (C=O) groups excluding carboxylic acids is 1. The van der Waals surface area contributed by atoms with E-state index in [4.69, 9.17) is 0 Å². The van der Waals surface area contributed by atoms with Crippen LogP contribution < -0.4 is 0 Å². The van der Waals surface area contributed by atoms with Gasteiger partial charge in [-0.3, -0.25) is 14.8 Å². The summed E-state index contributed by atoms with van der Waals surface area (Å²) in [5.74, 6) is 0.285. The lowest BCUT2D eigenvalue weighted by atomic mass is 10.0. The molecule has 0 spiro atoms. The first-order valence-corrected chi connectivity index (χ1v) is 9.01. The molecule has 5 nitrogen and oxygen atoms in total. The van der Waals surface area contributed by atoms with Crippen LogP contribution in [0.15, 0.2) is 0 Å². The largest absolute Gasteiger partial charge is 0.334 e. The zero-order valence-electron chi connectivity index (χ0n) is 15.1. The number of nitrogens with zero attached hydrogens (tertiary/aromatic N) is 3. The highest BCUT2D eigenvalue weighted by Crippen LogP contribution is 2.36. The van der Waals surface area contributed by atoms with Gasteiger partial charge in [0, 0.05) is 29.9 Å². The zero-order chi connectivity index (χ0) is 16.7. The van der Waals surface area contributed by atoms with Crippen molar-refractivity contribution < 1.29 is 4.79 Å². The molecule has 4 unspecified atom stereocenters. The van der Waals surface area contributed by atoms with Gasteiger partial charge in [0.05, 0.1) is 17.8 Å². The molecule has 0 aromatic carbocycles. The van der Waals surface area contributed by atoms with E-state index in [1.807, 2.05) is 6.92 Å². The number of amides is 1. The molecule has 2 fully saturated rings. The zero-order valence-corrected chi connectivity index (χ0v) is 15.1. The Morgan fingerprint density at radius 1 is 1.22 bits per heavy atom. The second kappa shape index (κ2) is 6.27. The van der Waals surface area contributed by atoms with Gasteiger partial charge in [0.25, 0.3) is 0 Å². The third kappa shape index (κ3) is 2.80. The summed E-state index contributed by atoms with van der Waals surface area (Å²) in [6.07, 6.45) is 4.52. The van der Waals surface area contributed by atoms with Crippen molar-refractivity contribution in [3.8, 4) is 0 Å². The summed E-state index contributed by atoms with van der Waals surface area (Å²) >= 11 is 0. The lowest BCUT2D eigenvalue weighted by molar-refractivity contribution is -0.138. The Kier molecular flexibility index (Phi) is 4.50. The van der Waals surface area contributed by atoms with E-state index in [9.17, 15) is 4.79 Å². The van der Waals surface area contributed by atoms with Crippen LogP contribution in [0.5, 0.6) is 0 Å². The number of hydrogen-bond donors (Lipinski definition) is 1. The average Bonchev–Trinajstić information content (AvgIpc) is 3.18. The van der Waals surface area contributed by atoms with Crippen molar-refractivity contribution in [1.82, 2.24) is 20.0 Å². The van der Waals surface area contributed by atoms with E-state index in [2.05, 4.69) is 47.7 Å². The lowest BCUT2D eigenvalue weighted by Gasteiger charge is -2.36. The quantitative estimate of drug-likeness (QED) is 0.932. The van der Waals surface area contributed by atoms with Gasteiger partial charge in [-0.1, -0.05) is 0 Å². The first kappa shape index (κ1) is 16.5. The van der Waals surface area contributed by atoms with E-state index < -0.39 is 0 Å². The molecule has 23 heavy (non-hydrogen) atoms. The van der Waals surface area contributed by atoms with Gasteiger partial charge in [0.1, 0.15) is 0 Å². The molecule has 1 aromatic heterocycles. The highest BCUT2D eigenvalue weighted by atomic mass is 16.2. The highest BCUT2D eigenvalue weighted by molar-refractivity contribution is 5.82. The van der Waals surface area contributed by atoms with Crippen LogP contribution in [0.25, 0.3) is 0 Å². The van der Waals surface area contributed by atoms with Gasteiger partial charge in [0.2, 0.25) is 5.91 Å². The van der Waals surface area contributed by atoms with Crippen molar-refractivity contribution >= 4 is 5.91 Å². The van der Waals surface area contributed by atoms with E-state index in [0.717, 1.165) is 30.8 Å². The third-order valence-corrected chi connectivity index (χ3v) is 5.88. The molecule has 128 valence electrons. The predicted octanol–water partition coefficient (Wildman–Crippen LogP) is 2.95. The Balaban J connectivity index is 1.81. The third-order valence-electron chi connectivity index (χ3n) is 5.88. The number of carbonyl (C=O) groups is 1. The van der Waals surface area contributed by atoms with Crippen LogP contribution in [0.3, 0.4) is 0 Å². The fourth-order valence-electron chi connectivity index (χ4n) is 4.73. The number of H-pyrrole nitrogens is 1. The molecule has 2 aliphatic rings. The monoisotopic (exact) mass is 318 g/mol. The van der Waals surface area contributed by atoms with Crippen molar-refractivity contribution in [3.63, 3.8) is 0 Å². The Morgan fingerprint density at radius 3 is 2.43 bits per heavy atom. The predicted molar refractivity (Wildman–Crippen MR) is 91.2 cm³/mol. The number of rotatable bonds is 3. The molecule has 2 saturated heterocycles. The van der Waals surface area contributed by atoms with E-state index in [1.165, 1.54) is 18.4 Å². The maximum atomic E-state index is 13.2. The van der Waals surface area contributed by atoms with Gasteiger partial charge < -0.3 is 4.90 Å².